The summed E-state index contributed by atoms with van der Waals surface area (Å²) in [6.45, 7) is 5.18. The highest BCUT2D eigenvalue weighted by molar-refractivity contribution is 9.10. The molecule has 0 saturated carbocycles. The van der Waals surface area contributed by atoms with E-state index in [4.69, 9.17) is 0 Å². The van der Waals surface area contributed by atoms with E-state index in [1.807, 2.05) is 11.8 Å². The fourth-order valence-electron chi connectivity index (χ4n) is 1.28. The second kappa shape index (κ2) is 4.47. The van der Waals surface area contributed by atoms with Crippen LogP contribution in [0.25, 0.3) is 0 Å². The number of halogens is 1. The molecule has 5 heteroatoms. The van der Waals surface area contributed by atoms with Gasteiger partial charge in [-0.3, -0.25) is 4.99 Å². The maximum atomic E-state index is 4.56. The Balaban J connectivity index is 1.95. The molecule has 1 aliphatic heterocycles. The summed E-state index contributed by atoms with van der Waals surface area (Å²) >= 11 is 6.99. The van der Waals surface area contributed by atoms with Crippen LogP contribution in [0.4, 0.5) is 0 Å². The minimum atomic E-state index is 0.194. The number of thioether (sulfide) groups is 1. The lowest BCUT2D eigenvalue weighted by Gasteiger charge is -2.15. The average Bonchev–Trinajstić information content (AvgIpc) is 2.69. The first-order chi connectivity index (χ1) is 7.05. The Morgan fingerprint density at radius 1 is 1.60 bits per heavy atom. The molecular weight excluding hydrogens is 292 g/mol. The van der Waals surface area contributed by atoms with Crippen molar-refractivity contribution in [2.24, 2.45) is 4.99 Å². The largest absolute Gasteiger partial charge is 0.359 e. The minimum Gasteiger partial charge on any atom is -0.359 e. The minimum absolute atomic E-state index is 0.194. The molecule has 1 aromatic heterocycles. The Kier molecular flexibility index (Phi) is 3.42. The highest BCUT2D eigenvalue weighted by Crippen LogP contribution is 2.24. The number of nitrogens with zero attached hydrogens (tertiary/aromatic N) is 1. The molecule has 15 heavy (non-hydrogen) atoms. The molecule has 2 nitrogen and oxygen atoms in total. The van der Waals surface area contributed by atoms with Crippen LogP contribution in [0.1, 0.15) is 18.7 Å². The lowest BCUT2D eigenvalue weighted by atomic mass is 10.1. The highest BCUT2D eigenvalue weighted by Gasteiger charge is 2.26. The van der Waals surface area contributed by atoms with Crippen LogP contribution in [0.2, 0.25) is 0 Å². The van der Waals surface area contributed by atoms with Crippen LogP contribution in [-0.4, -0.2) is 16.5 Å². The lowest BCUT2D eigenvalue weighted by Crippen LogP contribution is -2.36. The molecule has 1 N–H and O–H groups in total. The summed E-state index contributed by atoms with van der Waals surface area (Å²) in [7, 11) is 0. The Bertz CT molecular complexity index is 385. The van der Waals surface area contributed by atoms with Crippen molar-refractivity contribution in [2.75, 3.05) is 5.75 Å². The van der Waals surface area contributed by atoms with E-state index in [0.717, 1.165) is 21.9 Å². The number of hydrogen-bond donors (Lipinski definition) is 1. The quantitative estimate of drug-likeness (QED) is 0.904. The topological polar surface area (TPSA) is 24.4 Å². The molecule has 0 aromatic carbocycles. The number of thiophene rings is 1. The van der Waals surface area contributed by atoms with Gasteiger partial charge < -0.3 is 5.32 Å². The zero-order valence-corrected chi connectivity index (χ0v) is 11.9. The van der Waals surface area contributed by atoms with E-state index >= 15 is 0 Å². The van der Waals surface area contributed by atoms with Gasteiger partial charge in [-0.25, -0.2) is 0 Å². The van der Waals surface area contributed by atoms with E-state index < -0.39 is 0 Å². The summed E-state index contributed by atoms with van der Waals surface area (Å²) in [6, 6.07) is 2.12. The van der Waals surface area contributed by atoms with Gasteiger partial charge in [0.2, 0.25) is 0 Å². The van der Waals surface area contributed by atoms with Crippen LogP contribution in [0, 0.1) is 0 Å². The van der Waals surface area contributed by atoms with Crippen molar-refractivity contribution >= 4 is 44.2 Å². The second-order valence-electron chi connectivity index (χ2n) is 4.15. The summed E-state index contributed by atoms with van der Waals surface area (Å²) in [5.41, 5.74) is 0.194. The van der Waals surface area contributed by atoms with Crippen LogP contribution < -0.4 is 5.32 Å². The van der Waals surface area contributed by atoms with Crippen molar-refractivity contribution in [3.63, 3.8) is 0 Å². The van der Waals surface area contributed by atoms with Gasteiger partial charge in [0.1, 0.15) is 0 Å². The molecule has 1 aliphatic rings. The molecule has 0 atom stereocenters. The molecule has 0 aliphatic carbocycles. The summed E-state index contributed by atoms with van der Waals surface area (Å²) in [6.07, 6.45) is 0. The van der Waals surface area contributed by atoms with Gasteiger partial charge in [0, 0.05) is 26.0 Å². The number of amidine groups is 1. The molecule has 1 saturated heterocycles. The summed E-state index contributed by atoms with van der Waals surface area (Å²) < 4.78 is 1.15. The molecule has 0 spiro atoms. The van der Waals surface area contributed by atoms with Crippen LogP contribution in [-0.2, 0) is 6.54 Å². The summed E-state index contributed by atoms with van der Waals surface area (Å²) in [4.78, 5) is 5.85. The SMILES string of the molecule is CC1(C)CSC(=NCc2cc(Br)cs2)N1. The Hall–Kier alpha value is -0.0000000000000000833. The predicted molar refractivity (Wildman–Crippen MR) is 72.8 cm³/mol. The number of aliphatic imine (C=N–C) groups is 1. The standard InChI is InChI=1S/C10H13BrN2S2/c1-10(2)6-15-9(13-10)12-4-8-3-7(11)5-14-8/h3,5H,4,6H2,1-2H3,(H,12,13). The van der Waals surface area contributed by atoms with Gasteiger partial charge in [-0.2, -0.15) is 0 Å². The maximum Gasteiger partial charge on any atom is 0.157 e. The third kappa shape index (κ3) is 3.23. The normalized spacial score (nSPS) is 21.9. The lowest BCUT2D eigenvalue weighted by molar-refractivity contribution is 0.536. The van der Waals surface area contributed by atoms with Gasteiger partial charge in [-0.05, 0) is 35.8 Å². The first-order valence-electron chi connectivity index (χ1n) is 4.73. The smallest absolute Gasteiger partial charge is 0.157 e. The van der Waals surface area contributed by atoms with Gasteiger partial charge >= 0.3 is 0 Å². The van der Waals surface area contributed by atoms with E-state index in [-0.39, 0.29) is 5.54 Å². The first-order valence-corrected chi connectivity index (χ1v) is 7.39. The fourth-order valence-corrected chi connectivity index (χ4v) is 3.73. The van der Waals surface area contributed by atoms with Crippen molar-refractivity contribution in [2.45, 2.75) is 25.9 Å². The zero-order valence-electron chi connectivity index (χ0n) is 8.71. The zero-order chi connectivity index (χ0) is 10.9. The van der Waals surface area contributed by atoms with Crippen LogP contribution >= 0.6 is 39.0 Å². The van der Waals surface area contributed by atoms with Crippen molar-refractivity contribution < 1.29 is 0 Å². The average molecular weight is 305 g/mol. The van der Waals surface area contributed by atoms with E-state index in [0.29, 0.717) is 0 Å². The van der Waals surface area contributed by atoms with E-state index in [2.05, 4.69) is 51.5 Å². The van der Waals surface area contributed by atoms with Gasteiger partial charge in [-0.1, -0.05) is 11.8 Å². The maximum absolute atomic E-state index is 4.56. The molecule has 2 heterocycles. The van der Waals surface area contributed by atoms with Gasteiger partial charge in [-0.15, -0.1) is 11.3 Å². The monoisotopic (exact) mass is 304 g/mol. The molecule has 0 unspecified atom stereocenters. The van der Waals surface area contributed by atoms with Gasteiger partial charge in [0.15, 0.2) is 5.17 Å². The Morgan fingerprint density at radius 3 is 2.93 bits per heavy atom. The molecule has 0 amide bonds. The molecule has 82 valence electrons. The molecule has 0 bridgehead atoms. The van der Waals surface area contributed by atoms with Crippen LogP contribution in [0.5, 0.6) is 0 Å². The van der Waals surface area contributed by atoms with E-state index in [9.17, 15) is 0 Å². The van der Waals surface area contributed by atoms with Crippen molar-refractivity contribution in [1.82, 2.24) is 5.32 Å². The number of rotatable bonds is 2. The molecular formula is C10H13BrN2S2. The van der Waals surface area contributed by atoms with E-state index in [1.165, 1.54) is 4.88 Å². The van der Waals surface area contributed by atoms with E-state index in [1.54, 1.807) is 11.3 Å². The number of nitrogens with one attached hydrogen (secondary N) is 1. The molecule has 0 radical (unpaired) electrons. The summed E-state index contributed by atoms with van der Waals surface area (Å²) in [5, 5.41) is 6.58. The molecule has 2 rings (SSSR count). The fraction of sp³-hybridized carbons (Fsp3) is 0.500. The number of hydrogen-bond acceptors (Lipinski definition) is 3. The van der Waals surface area contributed by atoms with Crippen LogP contribution in [0.15, 0.2) is 20.9 Å². The first kappa shape index (κ1) is 11.5. The van der Waals surface area contributed by atoms with Gasteiger partial charge in [0.25, 0.3) is 0 Å². The predicted octanol–water partition coefficient (Wildman–Crippen LogP) is 3.48. The van der Waals surface area contributed by atoms with Gasteiger partial charge in [0.05, 0.1) is 6.54 Å². The summed E-state index contributed by atoms with van der Waals surface area (Å²) in [5.74, 6) is 1.10. The third-order valence-electron chi connectivity index (χ3n) is 2.02. The molecule has 1 aromatic rings. The second-order valence-corrected chi connectivity index (χ2v) is 7.03. The molecule has 1 fully saturated rings. The highest BCUT2D eigenvalue weighted by atomic mass is 79.9. The third-order valence-corrected chi connectivity index (χ3v) is 5.07. The Morgan fingerprint density at radius 2 is 2.40 bits per heavy atom. The van der Waals surface area contributed by atoms with Crippen molar-refractivity contribution in [1.29, 1.82) is 0 Å². The van der Waals surface area contributed by atoms with Crippen LogP contribution in [0.3, 0.4) is 0 Å². The van der Waals surface area contributed by atoms with Crippen molar-refractivity contribution in [3.8, 4) is 0 Å². The van der Waals surface area contributed by atoms with Crippen molar-refractivity contribution in [3.05, 3.63) is 20.8 Å². The Labute approximate surface area is 107 Å².